The molecule has 0 aliphatic heterocycles. The van der Waals surface area contributed by atoms with Gasteiger partial charge in [0, 0.05) is 5.92 Å². The Morgan fingerprint density at radius 2 is 1.88 bits per heavy atom. The van der Waals surface area contributed by atoms with Crippen LogP contribution >= 0.6 is 11.3 Å². The largest absolute Gasteiger partial charge is 0.483 e. The van der Waals surface area contributed by atoms with E-state index in [1.54, 1.807) is 0 Å². The van der Waals surface area contributed by atoms with Crippen LogP contribution in [0.1, 0.15) is 63.9 Å². The Bertz CT molecular complexity index is 703. The number of amides is 1. The van der Waals surface area contributed by atoms with E-state index in [9.17, 15) is 4.79 Å². The minimum atomic E-state index is -0.226. The third-order valence-corrected chi connectivity index (χ3v) is 5.08. The smallest absolute Gasteiger partial charge is 0.264 e. The summed E-state index contributed by atoms with van der Waals surface area (Å²) in [7, 11) is 0. The number of nitrogens with one attached hydrogen (secondary N) is 1. The Balaban J connectivity index is 1.96. The average molecular weight is 362 g/mol. The lowest BCUT2D eigenvalue weighted by molar-refractivity contribution is -0.118. The van der Waals surface area contributed by atoms with E-state index in [1.807, 2.05) is 24.3 Å². The number of carbonyl (C=O) groups excluding carboxylic acids is 1. The first-order valence-electron chi connectivity index (χ1n) is 8.70. The van der Waals surface area contributed by atoms with E-state index in [2.05, 4.69) is 50.1 Å². The van der Waals surface area contributed by atoms with Gasteiger partial charge in [-0.05, 0) is 29.9 Å². The van der Waals surface area contributed by atoms with E-state index >= 15 is 0 Å². The molecule has 25 heavy (non-hydrogen) atoms. The quantitative estimate of drug-likeness (QED) is 0.772. The summed E-state index contributed by atoms with van der Waals surface area (Å²) < 4.78 is 5.74. The van der Waals surface area contributed by atoms with E-state index in [0.717, 1.165) is 29.2 Å². The summed E-state index contributed by atoms with van der Waals surface area (Å²) in [5, 5.41) is 12.5. The lowest BCUT2D eigenvalue weighted by atomic mass is 9.86. The van der Waals surface area contributed by atoms with Crippen LogP contribution in [0.4, 0.5) is 5.13 Å². The molecule has 136 valence electrons. The van der Waals surface area contributed by atoms with Crippen molar-refractivity contribution in [2.24, 2.45) is 0 Å². The van der Waals surface area contributed by atoms with E-state index < -0.39 is 0 Å². The molecule has 0 unspecified atom stereocenters. The van der Waals surface area contributed by atoms with Gasteiger partial charge in [-0.3, -0.25) is 10.1 Å². The molecule has 0 atom stereocenters. The van der Waals surface area contributed by atoms with Gasteiger partial charge in [-0.25, -0.2) is 0 Å². The van der Waals surface area contributed by atoms with Crippen LogP contribution in [-0.2, 0) is 10.2 Å². The Morgan fingerprint density at radius 1 is 1.20 bits per heavy atom. The third-order valence-electron chi connectivity index (χ3n) is 4.08. The van der Waals surface area contributed by atoms with Crippen molar-refractivity contribution < 1.29 is 9.53 Å². The molecule has 0 fully saturated rings. The fourth-order valence-electron chi connectivity index (χ4n) is 2.60. The van der Waals surface area contributed by atoms with Crippen molar-refractivity contribution in [3.05, 3.63) is 34.8 Å². The molecule has 1 amide bonds. The maximum absolute atomic E-state index is 12.2. The molecule has 0 aliphatic rings. The molecule has 0 bridgehead atoms. The van der Waals surface area contributed by atoms with Gasteiger partial charge in [0.15, 0.2) is 6.61 Å². The number of benzene rings is 1. The second kappa shape index (κ2) is 8.43. The zero-order valence-corrected chi connectivity index (χ0v) is 16.4. The summed E-state index contributed by atoms with van der Waals surface area (Å²) >= 11 is 1.44. The van der Waals surface area contributed by atoms with Crippen LogP contribution in [0.25, 0.3) is 0 Å². The number of hydrogen-bond acceptors (Lipinski definition) is 5. The van der Waals surface area contributed by atoms with Gasteiger partial charge in [0.25, 0.3) is 5.91 Å². The number of para-hydroxylation sites is 1. The van der Waals surface area contributed by atoms with Gasteiger partial charge in [0.05, 0.1) is 0 Å². The number of carbonyl (C=O) groups is 1. The van der Waals surface area contributed by atoms with Crippen molar-refractivity contribution in [2.75, 3.05) is 11.9 Å². The lowest BCUT2D eigenvalue weighted by Crippen LogP contribution is -2.21. The summed E-state index contributed by atoms with van der Waals surface area (Å²) in [6.45, 7) is 10.6. The summed E-state index contributed by atoms with van der Waals surface area (Å²) in [6.07, 6.45) is 2.04. The molecule has 6 heteroatoms. The van der Waals surface area contributed by atoms with Crippen molar-refractivity contribution >= 4 is 22.4 Å². The minimum absolute atomic E-state index is 0.0451. The van der Waals surface area contributed by atoms with Gasteiger partial charge in [0.1, 0.15) is 10.8 Å². The zero-order chi connectivity index (χ0) is 18.4. The molecule has 1 heterocycles. The van der Waals surface area contributed by atoms with Gasteiger partial charge < -0.3 is 4.74 Å². The molecular formula is C19H27N3O2S. The van der Waals surface area contributed by atoms with Crippen LogP contribution in [0, 0.1) is 0 Å². The Labute approximate surface area is 153 Å². The van der Waals surface area contributed by atoms with E-state index in [1.165, 1.54) is 11.3 Å². The van der Waals surface area contributed by atoms with Gasteiger partial charge in [-0.15, -0.1) is 10.2 Å². The first kappa shape index (κ1) is 19.4. The Morgan fingerprint density at radius 3 is 2.52 bits per heavy atom. The highest BCUT2D eigenvalue weighted by Crippen LogP contribution is 2.31. The number of ether oxygens (including phenoxy) is 1. The molecule has 0 saturated carbocycles. The molecular weight excluding hydrogens is 334 g/mol. The highest BCUT2D eigenvalue weighted by molar-refractivity contribution is 7.15. The Hall–Kier alpha value is -1.95. The van der Waals surface area contributed by atoms with Crippen molar-refractivity contribution in [1.29, 1.82) is 0 Å². The van der Waals surface area contributed by atoms with Crippen molar-refractivity contribution in [3.8, 4) is 5.75 Å². The Kier molecular flexibility index (Phi) is 6.53. The van der Waals surface area contributed by atoms with Crippen molar-refractivity contribution in [3.63, 3.8) is 0 Å². The normalized spacial score (nSPS) is 11.6. The summed E-state index contributed by atoms with van der Waals surface area (Å²) in [4.78, 5) is 12.2. The van der Waals surface area contributed by atoms with Crippen LogP contribution in [-0.4, -0.2) is 22.7 Å². The first-order valence-corrected chi connectivity index (χ1v) is 9.52. The van der Waals surface area contributed by atoms with Gasteiger partial charge in [-0.2, -0.15) is 0 Å². The van der Waals surface area contributed by atoms with Gasteiger partial charge in [0.2, 0.25) is 5.13 Å². The number of anilines is 1. The molecule has 1 aromatic heterocycles. The average Bonchev–Trinajstić information content (AvgIpc) is 3.02. The SMILES string of the molecule is CCC(CC)c1nnc(NC(=O)COc2ccccc2C(C)(C)C)s1. The maximum Gasteiger partial charge on any atom is 0.264 e. The van der Waals surface area contributed by atoms with Crippen molar-refractivity contribution in [1.82, 2.24) is 10.2 Å². The van der Waals surface area contributed by atoms with Gasteiger partial charge in [-0.1, -0.05) is 64.2 Å². The van der Waals surface area contributed by atoms with Crippen LogP contribution < -0.4 is 10.1 Å². The van der Waals surface area contributed by atoms with Gasteiger partial charge >= 0.3 is 0 Å². The van der Waals surface area contributed by atoms with E-state index in [-0.39, 0.29) is 17.9 Å². The summed E-state index contributed by atoms with van der Waals surface area (Å²) in [5.41, 5.74) is 1.03. The topological polar surface area (TPSA) is 64.1 Å². The first-order chi connectivity index (χ1) is 11.8. The third kappa shape index (κ3) is 5.26. The second-order valence-electron chi connectivity index (χ2n) is 7.04. The molecule has 0 spiro atoms. The maximum atomic E-state index is 12.2. The second-order valence-corrected chi connectivity index (χ2v) is 8.05. The summed E-state index contributed by atoms with van der Waals surface area (Å²) in [6, 6.07) is 7.81. The number of rotatable bonds is 7. The highest BCUT2D eigenvalue weighted by atomic mass is 32.1. The molecule has 2 rings (SSSR count). The molecule has 1 N–H and O–H groups in total. The predicted molar refractivity (Wildman–Crippen MR) is 102 cm³/mol. The predicted octanol–water partition coefficient (Wildman–Crippen LogP) is 4.76. The molecule has 0 saturated heterocycles. The minimum Gasteiger partial charge on any atom is -0.483 e. The summed E-state index contributed by atoms with van der Waals surface area (Å²) in [5.74, 6) is 0.911. The number of aromatic nitrogens is 2. The fraction of sp³-hybridized carbons (Fsp3) is 0.526. The molecule has 0 aliphatic carbocycles. The van der Waals surface area contributed by atoms with E-state index in [4.69, 9.17) is 4.74 Å². The van der Waals surface area contributed by atoms with Crippen LogP contribution in [0.2, 0.25) is 0 Å². The van der Waals surface area contributed by atoms with Crippen LogP contribution in [0.3, 0.4) is 0 Å². The number of nitrogens with zero attached hydrogens (tertiary/aromatic N) is 2. The van der Waals surface area contributed by atoms with Crippen LogP contribution in [0.5, 0.6) is 5.75 Å². The molecule has 0 radical (unpaired) electrons. The number of hydrogen-bond donors (Lipinski definition) is 1. The molecule has 1 aromatic carbocycles. The zero-order valence-electron chi connectivity index (χ0n) is 15.6. The lowest BCUT2D eigenvalue weighted by Gasteiger charge is -2.22. The molecule has 5 nitrogen and oxygen atoms in total. The van der Waals surface area contributed by atoms with Crippen LogP contribution in [0.15, 0.2) is 24.3 Å². The molecule has 2 aromatic rings. The van der Waals surface area contributed by atoms with Crippen molar-refractivity contribution in [2.45, 2.75) is 58.8 Å². The van der Waals surface area contributed by atoms with E-state index in [0.29, 0.717) is 11.0 Å². The monoisotopic (exact) mass is 361 g/mol. The standard InChI is InChI=1S/C19H27N3O2S/c1-6-13(7-2)17-21-22-18(25-17)20-16(23)12-24-15-11-9-8-10-14(15)19(3,4)5/h8-11,13H,6-7,12H2,1-5H3,(H,20,22,23). The fourth-order valence-corrected chi connectivity index (χ4v) is 3.63. The highest BCUT2D eigenvalue weighted by Gasteiger charge is 2.19.